The quantitative estimate of drug-likeness (QED) is 0.771. The topological polar surface area (TPSA) is 111 Å². The second-order valence-corrected chi connectivity index (χ2v) is 6.01. The molecule has 0 atom stereocenters. The second kappa shape index (κ2) is 5.72. The van der Waals surface area contributed by atoms with E-state index in [9.17, 15) is 13.2 Å². The summed E-state index contributed by atoms with van der Waals surface area (Å²) in [6.45, 7) is 1.67. The van der Waals surface area contributed by atoms with E-state index in [1.54, 1.807) is 0 Å². The van der Waals surface area contributed by atoms with Crippen LogP contribution in [0.1, 0.15) is 23.3 Å². The van der Waals surface area contributed by atoms with Crippen LogP contribution >= 0.6 is 0 Å². The molecule has 1 aromatic heterocycles. The van der Waals surface area contributed by atoms with Gasteiger partial charge < -0.3 is 14.5 Å². The number of sulfonamides is 1. The lowest BCUT2D eigenvalue weighted by Crippen LogP contribution is -2.22. The first-order valence-electron chi connectivity index (χ1n) is 5.93. The van der Waals surface area contributed by atoms with Crippen LogP contribution in [-0.4, -0.2) is 39.2 Å². The maximum atomic E-state index is 11.7. The predicted octanol–water partition coefficient (Wildman–Crippen LogP) is 0.245. The summed E-state index contributed by atoms with van der Waals surface area (Å²) in [6.07, 6.45) is 2.89. The van der Waals surface area contributed by atoms with Crippen molar-refractivity contribution in [2.24, 2.45) is 11.1 Å². The second-order valence-electron chi connectivity index (χ2n) is 4.45. The molecule has 2 heterocycles. The first-order valence-corrected chi connectivity index (χ1v) is 7.47. The average molecular weight is 288 g/mol. The number of hydrogen-bond donors (Lipinski definition) is 2. The Morgan fingerprint density at radius 2 is 2.16 bits per heavy atom. The van der Waals surface area contributed by atoms with Gasteiger partial charge >= 0.3 is 5.97 Å². The number of primary sulfonamides is 1. The number of carbonyl (C=O) groups excluding carboxylic acids is 1. The van der Waals surface area contributed by atoms with Crippen molar-refractivity contribution >= 4 is 16.0 Å². The van der Waals surface area contributed by atoms with Crippen LogP contribution in [0.3, 0.4) is 0 Å². The van der Waals surface area contributed by atoms with Gasteiger partial charge in [-0.15, -0.1) is 0 Å². The molecule has 1 saturated heterocycles. The summed E-state index contributed by atoms with van der Waals surface area (Å²) in [7, 11) is -3.81. The summed E-state index contributed by atoms with van der Waals surface area (Å²) < 4.78 is 32.5. The van der Waals surface area contributed by atoms with Gasteiger partial charge in [-0.3, -0.25) is 0 Å². The molecule has 0 saturated carbocycles. The smallest absolute Gasteiger partial charge is 0.354 e. The summed E-state index contributed by atoms with van der Waals surface area (Å²) >= 11 is 0. The molecule has 0 spiro atoms. The zero-order valence-electron chi connectivity index (χ0n) is 10.3. The predicted molar refractivity (Wildman–Crippen MR) is 66.0 cm³/mol. The van der Waals surface area contributed by atoms with Crippen LogP contribution in [0.25, 0.3) is 0 Å². The van der Waals surface area contributed by atoms with Gasteiger partial charge in [0.25, 0.3) is 0 Å². The van der Waals surface area contributed by atoms with E-state index >= 15 is 0 Å². The molecule has 106 valence electrons. The number of rotatable bonds is 4. The van der Waals surface area contributed by atoms with Crippen LogP contribution in [0.2, 0.25) is 0 Å². The van der Waals surface area contributed by atoms with Crippen LogP contribution in [0.4, 0.5) is 0 Å². The normalized spacial score (nSPS) is 17.3. The van der Waals surface area contributed by atoms with Gasteiger partial charge in [0, 0.05) is 19.4 Å². The van der Waals surface area contributed by atoms with E-state index in [2.05, 4.69) is 4.98 Å². The van der Waals surface area contributed by atoms with Crippen molar-refractivity contribution in [3.05, 3.63) is 18.0 Å². The fraction of sp³-hybridized carbons (Fsp3) is 0.545. The molecule has 19 heavy (non-hydrogen) atoms. The molecule has 0 unspecified atom stereocenters. The molecule has 2 rings (SSSR count). The monoisotopic (exact) mass is 288 g/mol. The third-order valence-electron chi connectivity index (χ3n) is 3.00. The standard InChI is InChI=1S/C11H16N2O5S/c12-19(15,16)9-5-10(13-6-9)11(14)18-7-8-1-3-17-4-2-8/h5-6,8,13H,1-4,7H2,(H2,12,15,16). The van der Waals surface area contributed by atoms with Gasteiger partial charge in [-0.1, -0.05) is 0 Å². The maximum Gasteiger partial charge on any atom is 0.354 e. The zero-order valence-corrected chi connectivity index (χ0v) is 11.1. The molecule has 1 aliphatic rings. The molecular formula is C11H16N2O5S. The number of hydrogen-bond acceptors (Lipinski definition) is 5. The lowest BCUT2D eigenvalue weighted by atomic mass is 10.0. The van der Waals surface area contributed by atoms with Crippen LogP contribution in [-0.2, 0) is 19.5 Å². The van der Waals surface area contributed by atoms with E-state index in [0.29, 0.717) is 25.7 Å². The number of nitrogens with one attached hydrogen (secondary N) is 1. The Balaban J connectivity index is 1.91. The zero-order chi connectivity index (χ0) is 13.9. The van der Waals surface area contributed by atoms with Gasteiger partial charge in [-0.2, -0.15) is 0 Å². The molecule has 0 aromatic carbocycles. The Labute approximate surface area is 111 Å². The average Bonchev–Trinajstić information content (AvgIpc) is 2.87. The van der Waals surface area contributed by atoms with Crippen LogP contribution in [0.15, 0.2) is 17.2 Å². The summed E-state index contributed by atoms with van der Waals surface area (Å²) in [5.41, 5.74) is 0.0797. The molecule has 3 N–H and O–H groups in total. The highest BCUT2D eigenvalue weighted by molar-refractivity contribution is 7.89. The van der Waals surface area contributed by atoms with Crippen molar-refractivity contribution in [1.82, 2.24) is 4.98 Å². The highest BCUT2D eigenvalue weighted by atomic mass is 32.2. The van der Waals surface area contributed by atoms with E-state index in [1.807, 2.05) is 0 Å². The molecule has 1 aromatic rings. The maximum absolute atomic E-state index is 11.7. The summed E-state index contributed by atoms with van der Waals surface area (Å²) in [5.74, 6) is -0.285. The molecule has 0 amide bonds. The Morgan fingerprint density at radius 1 is 1.47 bits per heavy atom. The van der Waals surface area contributed by atoms with Crippen molar-refractivity contribution in [3.63, 3.8) is 0 Å². The SMILES string of the molecule is NS(=O)(=O)c1c[nH]c(C(=O)OCC2CCOCC2)c1. The fourth-order valence-electron chi connectivity index (χ4n) is 1.84. The van der Waals surface area contributed by atoms with E-state index in [4.69, 9.17) is 14.6 Å². The lowest BCUT2D eigenvalue weighted by molar-refractivity contribution is 0.0182. The van der Waals surface area contributed by atoms with E-state index < -0.39 is 16.0 Å². The van der Waals surface area contributed by atoms with Crippen LogP contribution in [0, 0.1) is 5.92 Å². The lowest BCUT2D eigenvalue weighted by Gasteiger charge is -2.21. The van der Waals surface area contributed by atoms with E-state index in [-0.39, 0.29) is 10.6 Å². The van der Waals surface area contributed by atoms with Crippen LogP contribution in [0.5, 0.6) is 0 Å². The first kappa shape index (κ1) is 14.0. The molecule has 7 nitrogen and oxygen atoms in total. The van der Waals surface area contributed by atoms with Gasteiger partial charge in [0.2, 0.25) is 10.0 Å². The van der Waals surface area contributed by atoms with E-state index in [0.717, 1.165) is 12.8 Å². The van der Waals surface area contributed by atoms with Crippen molar-refractivity contribution in [2.45, 2.75) is 17.7 Å². The largest absolute Gasteiger partial charge is 0.461 e. The Morgan fingerprint density at radius 3 is 2.74 bits per heavy atom. The van der Waals surface area contributed by atoms with E-state index in [1.165, 1.54) is 12.3 Å². The summed E-state index contributed by atoms with van der Waals surface area (Å²) in [6, 6.07) is 1.17. The Bertz CT molecular complexity index is 545. The summed E-state index contributed by atoms with van der Waals surface area (Å²) in [5, 5.41) is 4.95. The number of ether oxygens (including phenoxy) is 2. The molecule has 1 aliphatic heterocycles. The highest BCUT2D eigenvalue weighted by Crippen LogP contribution is 2.16. The third-order valence-corrected chi connectivity index (χ3v) is 3.89. The van der Waals surface area contributed by atoms with Gasteiger partial charge in [0.1, 0.15) is 10.6 Å². The van der Waals surface area contributed by atoms with Crippen molar-refractivity contribution in [1.29, 1.82) is 0 Å². The van der Waals surface area contributed by atoms with Crippen molar-refractivity contribution in [3.8, 4) is 0 Å². The van der Waals surface area contributed by atoms with Gasteiger partial charge in [0.15, 0.2) is 0 Å². The minimum Gasteiger partial charge on any atom is -0.461 e. The molecule has 8 heteroatoms. The van der Waals surface area contributed by atoms with Crippen LogP contribution < -0.4 is 5.14 Å². The number of esters is 1. The molecule has 0 bridgehead atoms. The van der Waals surface area contributed by atoms with Gasteiger partial charge in [0.05, 0.1) is 6.61 Å². The number of carbonyl (C=O) groups is 1. The Hall–Kier alpha value is -1.38. The summed E-state index contributed by atoms with van der Waals surface area (Å²) in [4.78, 5) is 14.1. The minimum absolute atomic E-state index is 0.0797. The molecular weight excluding hydrogens is 272 g/mol. The minimum atomic E-state index is -3.81. The number of aromatic nitrogens is 1. The fourth-order valence-corrected chi connectivity index (χ4v) is 2.35. The third kappa shape index (κ3) is 3.79. The number of aromatic amines is 1. The number of H-pyrrole nitrogens is 1. The van der Waals surface area contributed by atoms with Gasteiger partial charge in [-0.05, 0) is 24.8 Å². The Kier molecular flexibility index (Phi) is 4.23. The molecule has 1 fully saturated rings. The van der Waals surface area contributed by atoms with Gasteiger partial charge in [-0.25, -0.2) is 18.4 Å². The number of nitrogens with two attached hydrogens (primary N) is 1. The highest BCUT2D eigenvalue weighted by Gasteiger charge is 2.19. The van der Waals surface area contributed by atoms with Crippen molar-refractivity contribution < 1.29 is 22.7 Å². The molecule has 0 radical (unpaired) electrons. The molecule has 0 aliphatic carbocycles. The first-order chi connectivity index (χ1) is 8.97. The van der Waals surface area contributed by atoms with Crippen molar-refractivity contribution in [2.75, 3.05) is 19.8 Å².